The molecular weight excluding hydrogens is 158 g/mol. The lowest BCUT2D eigenvalue weighted by atomic mass is 9.79. The van der Waals surface area contributed by atoms with Crippen LogP contribution in [0.3, 0.4) is 0 Å². The minimum Gasteiger partial charge on any atom is -0.423 e. The van der Waals surface area contributed by atoms with E-state index in [9.17, 15) is 9.41 Å². The highest BCUT2D eigenvalue weighted by Crippen LogP contribution is 2.30. The SMILES string of the molecule is CC1(F)OB(O)c2ccccc21. The van der Waals surface area contributed by atoms with Crippen LogP contribution in [-0.2, 0) is 10.5 Å². The second kappa shape index (κ2) is 2.31. The molecule has 0 amide bonds. The third kappa shape index (κ3) is 0.957. The van der Waals surface area contributed by atoms with Crippen molar-refractivity contribution in [3.05, 3.63) is 29.8 Å². The van der Waals surface area contributed by atoms with E-state index in [-0.39, 0.29) is 0 Å². The molecule has 1 aromatic rings. The molecule has 0 aliphatic carbocycles. The van der Waals surface area contributed by atoms with Gasteiger partial charge in [-0.05, 0) is 12.4 Å². The summed E-state index contributed by atoms with van der Waals surface area (Å²) in [6.07, 6.45) is 0. The Bertz CT molecular complexity index is 314. The first kappa shape index (κ1) is 7.77. The first-order valence-corrected chi connectivity index (χ1v) is 3.75. The number of hydrogen-bond donors (Lipinski definition) is 1. The maximum absolute atomic E-state index is 13.5. The summed E-state index contributed by atoms with van der Waals surface area (Å²) in [4.78, 5) is 0. The van der Waals surface area contributed by atoms with Gasteiger partial charge in [0.25, 0.3) is 0 Å². The van der Waals surface area contributed by atoms with Crippen molar-refractivity contribution in [3.8, 4) is 0 Å². The average molecular weight is 166 g/mol. The van der Waals surface area contributed by atoms with Crippen LogP contribution in [-0.4, -0.2) is 12.1 Å². The molecule has 1 unspecified atom stereocenters. The minimum absolute atomic E-state index is 0.414. The van der Waals surface area contributed by atoms with E-state index < -0.39 is 13.0 Å². The summed E-state index contributed by atoms with van der Waals surface area (Å²) in [5.74, 6) is -1.85. The molecule has 0 bridgehead atoms. The van der Waals surface area contributed by atoms with Gasteiger partial charge in [-0.1, -0.05) is 24.3 Å². The Hall–Kier alpha value is -0.865. The summed E-state index contributed by atoms with van der Waals surface area (Å²) >= 11 is 0. The van der Waals surface area contributed by atoms with Crippen LogP contribution in [0.15, 0.2) is 24.3 Å². The zero-order chi connectivity index (χ0) is 8.77. The molecule has 0 spiro atoms. The average Bonchev–Trinajstić information content (AvgIpc) is 2.25. The zero-order valence-electron chi connectivity index (χ0n) is 6.62. The molecular formula is C8H8BFO2. The topological polar surface area (TPSA) is 29.5 Å². The normalized spacial score (nSPS) is 27.4. The van der Waals surface area contributed by atoms with E-state index in [1.165, 1.54) is 6.92 Å². The van der Waals surface area contributed by atoms with Gasteiger partial charge in [0.05, 0.1) is 0 Å². The molecule has 0 saturated carbocycles. The van der Waals surface area contributed by atoms with Gasteiger partial charge in [0.15, 0.2) is 0 Å². The molecule has 0 saturated heterocycles. The van der Waals surface area contributed by atoms with E-state index in [0.717, 1.165) is 0 Å². The lowest BCUT2D eigenvalue weighted by Gasteiger charge is -2.13. The quantitative estimate of drug-likeness (QED) is 0.570. The first-order chi connectivity index (χ1) is 5.61. The van der Waals surface area contributed by atoms with Crippen LogP contribution in [0.2, 0.25) is 0 Å². The van der Waals surface area contributed by atoms with Gasteiger partial charge in [-0.2, -0.15) is 0 Å². The summed E-state index contributed by atoms with van der Waals surface area (Å²) in [6.45, 7) is 1.29. The van der Waals surface area contributed by atoms with Crippen molar-refractivity contribution < 1.29 is 14.1 Å². The summed E-state index contributed by atoms with van der Waals surface area (Å²) in [7, 11) is -1.13. The Kier molecular flexibility index (Phi) is 1.50. The maximum atomic E-state index is 13.5. The van der Waals surface area contributed by atoms with Gasteiger partial charge in [-0.15, -0.1) is 0 Å². The zero-order valence-corrected chi connectivity index (χ0v) is 6.62. The number of rotatable bonds is 0. The molecule has 1 aliphatic rings. The van der Waals surface area contributed by atoms with Crippen LogP contribution >= 0.6 is 0 Å². The van der Waals surface area contributed by atoms with Crippen molar-refractivity contribution in [2.45, 2.75) is 12.8 Å². The summed E-state index contributed by atoms with van der Waals surface area (Å²) < 4.78 is 18.2. The Balaban J connectivity index is 2.58. The van der Waals surface area contributed by atoms with Gasteiger partial charge in [0.1, 0.15) is 0 Å². The molecule has 2 rings (SSSR count). The van der Waals surface area contributed by atoms with Crippen molar-refractivity contribution in [3.63, 3.8) is 0 Å². The molecule has 4 heteroatoms. The predicted octanol–water partition coefficient (Wildman–Crippen LogP) is 0.546. The van der Waals surface area contributed by atoms with Crippen molar-refractivity contribution in [1.82, 2.24) is 0 Å². The standard InChI is InChI=1S/C8H8BFO2/c1-8(10)6-4-2-3-5-7(6)9(11)12-8/h2-5,11H,1H3. The number of benzene rings is 1. The highest BCUT2D eigenvalue weighted by molar-refractivity contribution is 6.61. The third-order valence-corrected chi connectivity index (χ3v) is 2.04. The van der Waals surface area contributed by atoms with Gasteiger partial charge in [0.2, 0.25) is 5.85 Å². The van der Waals surface area contributed by atoms with Crippen LogP contribution in [0.25, 0.3) is 0 Å². The van der Waals surface area contributed by atoms with Crippen molar-refractivity contribution in [2.24, 2.45) is 0 Å². The van der Waals surface area contributed by atoms with Gasteiger partial charge in [-0.25, -0.2) is 4.39 Å². The lowest BCUT2D eigenvalue weighted by Crippen LogP contribution is -2.28. The predicted molar refractivity (Wildman–Crippen MR) is 43.6 cm³/mol. The third-order valence-electron chi connectivity index (χ3n) is 2.04. The molecule has 1 atom stereocenters. The van der Waals surface area contributed by atoms with Crippen LogP contribution in [0.1, 0.15) is 12.5 Å². The van der Waals surface area contributed by atoms with Crippen LogP contribution in [0.4, 0.5) is 4.39 Å². The minimum atomic E-state index is -1.85. The maximum Gasteiger partial charge on any atom is 0.494 e. The Morgan fingerprint density at radius 1 is 1.50 bits per heavy atom. The van der Waals surface area contributed by atoms with Crippen molar-refractivity contribution in [2.75, 3.05) is 0 Å². The molecule has 1 N–H and O–H groups in total. The summed E-state index contributed by atoms with van der Waals surface area (Å²) in [5.41, 5.74) is 0.931. The molecule has 1 aromatic carbocycles. The summed E-state index contributed by atoms with van der Waals surface area (Å²) in [5, 5.41) is 9.25. The van der Waals surface area contributed by atoms with E-state index in [4.69, 9.17) is 4.65 Å². The van der Waals surface area contributed by atoms with E-state index in [1.54, 1.807) is 24.3 Å². The van der Waals surface area contributed by atoms with Crippen LogP contribution < -0.4 is 5.46 Å². The van der Waals surface area contributed by atoms with Crippen LogP contribution in [0.5, 0.6) is 0 Å². The molecule has 1 heterocycles. The van der Waals surface area contributed by atoms with E-state index in [1.807, 2.05) is 0 Å². The second-order valence-corrected chi connectivity index (χ2v) is 2.97. The van der Waals surface area contributed by atoms with E-state index in [0.29, 0.717) is 11.0 Å². The molecule has 0 fully saturated rings. The Morgan fingerprint density at radius 3 is 2.83 bits per heavy atom. The van der Waals surface area contributed by atoms with Crippen LogP contribution in [0, 0.1) is 0 Å². The number of hydrogen-bond acceptors (Lipinski definition) is 2. The molecule has 12 heavy (non-hydrogen) atoms. The summed E-state index contributed by atoms with van der Waals surface area (Å²) in [6, 6.07) is 6.74. The van der Waals surface area contributed by atoms with Crippen molar-refractivity contribution in [1.29, 1.82) is 0 Å². The lowest BCUT2D eigenvalue weighted by molar-refractivity contribution is -0.0528. The van der Waals surface area contributed by atoms with Gasteiger partial charge < -0.3 is 9.68 Å². The highest BCUT2D eigenvalue weighted by Gasteiger charge is 2.43. The molecule has 2 nitrogen and oxygen atoms in total. The number of alkyl halides is 1. The fraction of sp³-hybridized carbons (Fsp3) is 0.250. The van der Waals surface area contributed by atoms with E-state index in [2.05, 4.69) is 0 Å². The molecule has 1 aliphatic heterocycles. The Morgan fingerprint density at radius 2 is 2.17 bits per heavy atom. The monoisotopic (exact) mass is 166 g/mol. The fourth-order valence-corrected chi connectivity index (χ4v) is 1.46. The Labute approximate surface area is 70.1 Å². The number of halogens is 1. The van der Waals surface area contributed by atoms with Gasteiger partial charge in [0, 0.05) is 5.56 Å². The van der Waals surface area contributed by atoms with Gasteiger partial charge in [-0.3, -0.25) is 0 Å². The van der Waals surface area contributed by atoms with Crippen molar-refractivity contribution >= 4 is 12.6 Å². The first-order valence-electron chi connectivity index (χ1n) is 3.75. The highest BCUT2D eigenvalue weighted by atomic mass is 19.2. The van der Waals surface area contributed by atoms with Gasteiger partial charge >= 0.3 is 7.12 Å². The molecule has 0 radical (unpaired) electrons. The second-order valence-electron chi connectivity index (χ2n) is 2.97. The molecule has 62 valence electrons. The number of fused-ring (bicyclic) bond motifs is 1. The fourth-order valence-electron chi connectivity index (χ4n) is 1.46. The molecule has 0 aromatic heterocycles. The smallest absolute Gasteiger partial charge is 0.423 e. The largest absolute Gasteiger partial charge is 0.494 e. The van der Waals surface area contributed by atoms with E-state index >= 15 is 0 Å².